The van der Waals surface area contributed by atoms with Crippen molar-refractivity contribution in [3.63, 3.8) is 0 Å². The van der Waals surface area contributed by atoms with Gasteiger partial charge in [-0.05, 0) is 112 Å². The monoisotopic (exact) mass is 636 g/mol. The van der Waals surface area contributed by atoms with Crippen LogP contribution in [-0.2, 0) is 0 Å². The maximum Gasteiger partial charge on any atom is 0.0433 e. The second-order valence-electron chi connectivity index (χ2n) is 13.2. The fraction of sp³-hybridized carbons (Fsp3) is 0. The highest BCUT2D eigenvalue weighted by molar-refractivity contribution is 7.26. The number of thiophene rings is 1. The van der Waals surface area contributed by atoms with Crippen LogP contribution >= 0.6 is 11.3 Å². The van der Waals surface area contributed by atoms with Gasteiger partial charge in [-0.25, -0.2) is 0 Å². The van der Waals surface area contributed by atoms with Crippen molar-refractivity contribution in [2.24, 2.45) is 0 Å². The summed E-state index contributed by atoms with van der Waals surface area (Å²) in [5, 5.41) is 16.0. The van der Waals surface area contributed by atoms with Crippen molar-refractivity contribution in [3.05, 3.63) is 170 Å². The molecule has 0 N–H and O–H groups in total. The van der Waals surface area contributed by atoms with Gasteiger partial charge in [-0.15, -0.1) is 11.3 Å². The Labute approximate surface area is 287 Å². The highest BCUT2D eigenvalue weighted by atomic mass is 32.1. The molecule has 0 atom stereocenters. The molecule has 1 heterocycles. The van der Waals surface area contributed by atoms with Crippen molar-refractivity contribution in [2.45, 2.75) is 0 Å². The second-order valence-corrected chi connectivity index (χ2v) is 14.3. The molecule has 0 spiro atoms. The number of rotatable bonds is 3. The first kappa shape index (κ1) is 27.0. The molecule has 11 aromatic rings. The molecule has 0 bridgehead atoms. The molecule has 0 saturated carbocycles. The van der Waals surface area contributed by atoms with Gasteiger partial charge in [0.2, 0.25) is 0 Å². The van der Waals surface area contributed by atoms with Gasteiger partial charge in [-0.3, -0.25) is 0 Å². The Morgan fingerprint density at radius 3 is 1.43 bits per heavy atom. The van der Waals surface area contributed by atoms with Crippen LogP contribution < -0.4 is 0 Å². The molecule has 0 saturated heterocycles. The summed E-state index contributed by atoms with van der Waals surface area (Å²) in [4.78, 5) is 0. The van der Waals surface area contributed by atoms with Crippen molar-refractivity contribution >= 4 is 85.4 Å². The highest BCUT2D eigenvalue weighted by Gasteiger charge is 2.17. The Hall–Kier alpha value is -6.02. The van der Waals surface area contributed by atoms with E-state index >= 15 is 0 Å². The van der Waals surface area contributed by atoms with Crippen LogP contribution in [-0.4, -0.2) is 0 Å². The van der Waals surface area contributed by atoms with E-state index in [1.165, 1.54) is 107 Å². The van der Waals surface area contributed by atoms with Crippen LogP contribution in [0.1, 0.15) is 0 Å². The lowest BCUT2D eigenvalue weighted by molar-refractivity contribution is 1.62. The molecular weight excluding hydrogens is 609 g/mol. The summed E-state index contributed by atoms with van der Waals surface area (Å²) < 4.78 is 2.68. The van der Waals surface area contributed by atoms with Gasteiger partial charge < -0.3 is 0 Å². The average molecular weight is 637 g/mol. The Morgan fingerprint density at radius 2 is 0.735 bits per heavy atom. The van der Waals surface area contributed by atoms with Gasteiger partial charge in [0.25, 0.3) is 0 Å². The van der Waals surface area contributed by atoms with Crippen molar-refractivity contribution < 1.29 is 0 Å². The molecule has 0 radical (unpaired) electrons. The highest BCUT2D eigenvalue weighted by Crippen LogP contribution is 2.46. The Balaban J connectivity index is 1.08. The first-order valence-corrected chi connectivity index (χ1v) is 17.7. The lowest BCUT2D eigenvalue weighted by Crippen LogP contribution is -1.90. The lowest BCUT2D eigenvalue weighted by atomic mass is 9.85. The predicted molar refractivity (Wildman–Crippen MR) is 214 cm³/mol. The Bertz CT molecular complexity index is 3090. The molecule has 0 fully saturated rings. The Kier molecular flexibility index (Phi) is 5.64. The summed E-state index contributed by atoms with van der Waals surface area (Å²) >= 11 is 1.89. The Morgan fingerprint density at radius 1 is 0.265 bits per heavy atom. The molecule has 226 valence electrons. The maximum atomic E-state index is 2.42. The van der Waals surface area contributed by atoms with Gasteiger partial charge in [0.15, 0.2) is 0 Å². The van der Waals surface area contributed by atoms with E-state index in [4.69, 9.17) is 0 Å². The van der Waals surface area contributed by atoms with E-state index in [2.05, 4.69) is 170 Å². The van der Waals surface area contributed by atoms with E-state index in [0.29, 0.717) is 0 Å². The van der Waals surface area contributed by atoms with Crippen LogP contribution in [0.3, 0.4) is 0 Å². The van der Waals surface area contributed by atoms with E-state index in [9.17, 15) is 0 Å². The van der Waals surface area contributed by atoms with Gasteiger partial charge >= 0.3 is 0 Å². The molecule has 0 aliphatic rings. The van der Waals surface area contributed by atoms with E-state index in [1.807, 2.05) is 11.3 Å². The molecule has 0 aliphatic carbocycles. The van der Waals surface area contributed by atoms with Crippen LogP contribution in [0.15, 0.2) is 170 Å². The van der Waals surface area contributed by atoms with Crippen molar-refractivity contribution in [1.29, 1.82) is 0 Å². The number of benzene rings is 10. The van der Waals surface area contributed by atoms with Crippen molar-refractivity contribution in [1.82, 2.24) is 0 Å². The third kappa shape index (κ3) is 3.91. The van der Waals surface area contributed by atoms with Crippen LogP contribution in [0.25, 0.3) is 107 Å². The van der Waals surface area contributed by atoms with Gasteiger partial charge in [0, 0.05) is 20.2 Å². The van der Waals surface area contributed by atoms with Crippen LogP contribution in [0.4, 0.5) is 0 Å². The molecule has 1 heteroatoms. The number of hydrogen-bond acceptors (Lipinski definition) is 1. The van der Waals surface area contributed by atoms with Gasteiger partial charge in [-0.2, -0.15) is 0 Å². The molecule has 11 rings (SSSR count). The summed E-state index contributed by atoms with van der Waals surface area (Å²) in [5.41, 5.74) is 7.52. The molecular formula is C48H28S. The minimum Gasteiger partial charge on any atom is -0.135 e. The van der Waals surface area contributed by atoms with E-state index in [0.717, 1.165) is 0 Å². The summed E-state index contributed by atoms with van der Waals surface area (Å²) in [6.07, 6.45) is 0. The molecule has 0 unspecified atom stereocenters. The zero-order valence-electron chi connectivity index (χ0n) is 26.6. The number of fused-ring (bicyclic) bond motifs is 9. The quantitative estimate of drug-likeness (QED) is 0.134. The van der Waals surface area contributed by atoms with Gasteiger partial charge in [0.05, 0.1) is 0 Å². The molecule has 1 aromatic heterocycles. The predicted octanol–water partition coefficient (Wildman–Crippen LogP) is 14.3. The van der Waals surface area contributed by atoms with Crippen LogP contribution in [0, 0.1) is 0 Å². The van der Waals surface area contributed by atoms with Crippen LogP contribution in [0.2, 0.25) is 0 Å². The molecule has 0 aliphatic heterocycles. The van der Waals surface area contributed by atoms with Crippen molar-refractivity contribution in [2.75, 3.05) is 0 Å². The zero-order chi connectivity index (χ0) is 32.1. The first-order valence-electron chi connectivity index (χ1n) is 16.9. The lowest BCUT2D eigenvalue weighted by Gasteiger charge is -2.18. The minimum absolute atomic E-state index is 1.23. The molecule has 10 aromatic carbocycles. The minimum atomic E-state index is 1.23. The smallest absolute Gasteiger partial charge is 0.0433 e. The number of hydrogen-bond donors (Lipinski definition) is 0. The normalized spacial score (nSPS) is 12.1. The van der Waals surface area contributed by atoms with Crippen LogP contribution in [0.5, 0.6) is 0 Å². The second kappa shape index (κ2) is 10.2. The van der Waals surface area contributed by atoms with E-state index in [-0.39, 0.29) is 0 Å². The zero-order valence-corrected chi connectivity index (χ0v) is 27.4. The third-order valence-electron chi connectivity index (χ3n) is 10.6. The SMILES string of the molecule is c1ccc(-c2cccc3c2sc2ccc(-c4cccc(-c5ccc6c(c5)c5cccc7c8ccccc8c8cccc6c8c75)c4)cc23)cc1. The third-order valence-corrected chi connectivity index (χ3v) is 11.8. The first-order chi connectivity index (χ1) is 24.3. The standard InChI is InChI=1S/C48H28S/c1-2-10-29(11-3-1)34-16-7-21-42-44-28-33(23-25-45(44)49-48(34)42)31-13-6-12-30(26-31)32-22-24-37-40-19-8-17-38-35-14-4-5-15-36(35)39-18-9-20-41(43(37)27-32)47(39)46(38)40/h1-28H. The van der Waals surface area contributed by atoms with E-state index in [1.54, 1.807) is 0 Å². The molecule has 0 nitrogen and oxygen atoms in total. The van der Waals surface area contributed by atoms with E-state index < -0.39 is 0 Å². The molecule has 49 heavy (non-hydrogen) atoms. The summed E-state index contributed by atoms with van der Waals surface area (Å²) in [5.74, 6) is 0. The topological polar surface area (TPSA) is 0 Å². The van der Waals surface area contributed by atoms with Gasteiger partial charge in [-0.1, -0.05) is 146 Å². The summed E-state index contributed by atoms with van der Waals surface area (Å²) in [7, 11) is 0. The average Bonchev–Trinajstić information content (AvgIpc) is 3.56. The van der Waals surface area contributed by atoms with Crippen molar-refractivity contribution in [3.8, 4) is 33.4 Å². The molecule has 0 amide bonds. The fourth-order valence-corrected chi connectivity index (χ4v) is 9.60. The largest absolute Gasteiger partial charge is 0.135 e. The van der Waals surface area contributed by atoms with Gasteiger partial charge in [0.1, 0.15) is 0 Å². The maximum absolute atomic E-state index is 2.42. The fourth-order valence-electron chi connectivity index (χ4n) is 8.38. The summed E-state index contributed by atoms with van der Waals surface area (Å²) in [6, 6.07) is 63.1. The summed E-state index contributed by atoms with van der Waals surface area (Å²) in [6.45, 7) is 0.